The molecule has 0 radical (unpaired) electrons. The fourth-order valence-corrected chi connectivity index (χ4v) is 5.98. The lowest BCUT2D eigenvalue weighted by atomic mass is 9.97. The summed E-state index contributed by atoms with van der Waals surface area (Å²) in [6, 6.07) is 14.9. The summed E-state index contributed by atoms with van der Waals surface area (Å²) in [5.41, 5.74) is 1.16. The van der Waals surface area contributed by atoms with Crippen molar-refractivity contribution in [2.45, 2.75) is 18.5 Å². The van der Waals surface area contributed by atoms with Gasteiger partial charge in [-0.05, 0) is 24.1 Å². The van der Waals surface area contributed by atoms with Crippen LogP contribution in [0.5, 0.6) is 0 Å². The van der Waals surface area contributed by atoms with E-state index in [0.717, 1.165) is 5.56 Å². The number of carbonyl (C=O) groups excluding carboxylic acids is 1. The number of nitrogens with zero attached hydrogens (tertiary/aromatic N) is 1. The van der Waals surface area contributed by atoms with Crippen LogP contribution in [0.3, 0.4) is 0 Å². The Morgan fingerprint density at radius 1 is 0.964 bits per heavy atom. The number of sulfone groups is 1. The van der Waals surface area contributed by atoms with Gasteiger partial charge in [0.1, 0.15) is 5.58 Å². The monoisotopic (exact) mass is 395 g/mol. The number of para-hydroxylation sites is 1. The molecule has 2 aromatic carbocycles. The molecule has 1 saturated heterocycles. The Bertz CT molecular complexity index is 1260. The lowest BCUT2D eigenvalue weighted by Gasteiger charge is -2.30. The molecular weight excluding hydrogens is 378 g/mol. The summed E-state index contributed by atoms with van der Waals surface area (Å²) in [4.78, 5) is 28.1. The van der Waals surface area contributed by atoms with E-state index in [9.17, 15) is 18.0 Å². The Labute approximate surface area is 161 Å². The number of amides is 1. The van der Waals surface area contributed by atoms with Crippen molar-refractivity contribution in [2.75, 3.05) is 11.5 Å². The van der Waals surface area contributed by atoms with Gasteiger partial charge in [0.15, 0.2) is 15.3 Å². The van der Waals surface area contributed by atoms with Crippen molar-refractivity contribution in [3.8, 4) is 0 Å². The molecule has 7 heteroatoms. The van der Waals surface area contributed by atoms with Crippen LogP contribution < -0.4 is 5.43 Å². The van der Waals surface area contributed by atoms with Gasteiger partial charge in [-0.15, -0.1) is 0 Å². The summed E-state index contributed by atoms with van der Waals surface area (Å²) in [5, 5.41) is 0.413. The Morgan fingerprint density at radius 3 is 2.39 bits per heavy atom. The molecule has 2 aliphatic heterocycles. The molecule has 0 N–H and O–H groups in total. The summed E-state index contributed by atoms with van der Waals surface area (Å²) in [6.45, 7) is 0. The molecule has 2 atom stereocenters. The maximum Gasteiger partial charge on any atom is 0.291 e. The second-order valence-electron chi connectivity index (χ2n) is 7.25. The van der Waals surface area contributed by atoms with Gasteiger partial charge in [-0.2, -0.15) is 0 Å². The minimum Gasteiger partial charge on any atom is -0.450 e. The van der Waals surface area contributed by atoms with Crippen molar-refractivity contribution in [2.24, 2.45) is 0 Å². The molecular formula is C21H17NO5S. The summed E-state index contributed by atoms with van der Waals surface area (Å²) < 4.78 is 30.0. The first-order valence-corrected chi connectivity index (χ1v) is 10.9. The van der Waals surface area contributed by atoms with Gasteiger partial charge in [0.25, 0.3) is 5.91 Å². The predicted octanol–water partition coefficient (Wildman–Crippen LogP) is 2.53. The quantitative estimate of drug-likeness (QED) is 0.666. The highest BCUT2D eigenvalue weighted by Gasteiger charge is 2.48. The summed E-state index contributed by atoms with van der Waals surface area (Å²) in [6.07, 6.45) is 0.360. The Balaban J connectivity index is 1.76. The van der Waals surface area contributed by atoms with Crippen molar-refractivity contribution in [3.05, 3.63) is 81.7 Å². The van der Waals surface area contributed by atoms with E-state index in [1.54, 1.807) is 24.3 Å². The second-order valence-corrected chi connectivity index (χ2v) is 9.48. The largest absolute Gasteiger partial charge is 0.450 e. The molecule has 1 fully saturated rings. The van der Waals surface area contributed by atoms with E-state index in [-0.39, 0.29) is 22.7 Å². The van der Waals surface area contributed by atoms with Crippen molar-refractivity contribution in [3.63, 3.8) is 0 Å². The van der Waals surface area contributed by atoms with E-state index in [1.807, 2.05) is 30.3 Å². The summed E-state index contributed by atoms with van der Waals surface area (Å²) in [7, 11) is -3.20. The molecule has 6 nitrogen and oxygen atoms in total. The molecule has 28 heavy (non-hydrogen) atoms. The first-order chi connectivity index (χ1) is 13.5. The van der Waals surface area contributed by atoms with E-state index >= 15 is 0 Å². The third-order valence-corrected chi connectivity index (χ3v) is 7.28. The standard InChI is InChI=1S/C21H17NO5S/c23-19-15-8-4-5-9-16(15)27-20-17(19)18(13-6-2-1-3-7-13)22(21(20)24)14-10-11-28(25,26)12-14/h1-9,14,18H,10-12H2. The third kappa shape index (κ3) is 2.50. The lowest BCUT2D eigenvalue weighted by Crippen LogP contribution is -2.40. The summed E-state index contributed by atoms with van der Waals surface area (Å²) in [5.74, 6) is -0.456. The Morgan fingerprint density at radius 2 is 1.68 bits per heavy atom. The van der Waals surface area contributed by atoms with Crippen molar-refractivity contribution < 1.29 is 17.6 Å². The Hall–Kier alpha value is -2.93. The molecule has 0 aliphatic carbocycles. The van der Waals surface area contributed by atoms with Crippen molar-refractivity contribution in [1.82, 2.24) is 4.90 Å². The van der Waals surface area contributed by atoms with E-state index < -0.39 is 27.8 Å². The maximum atomic E-state index is 13.3. The molecule has 2 aliphatic rings. The van der Waals surface area contributed by atoms with Crippen LogP contribution in [0.25, 0.3) is 11.0 Å². The molecule has 0 spiro atoms. The Kier molecular flexibility index (Phi) is 3.71. The molecule has 1 amide bonds. The van der Waals surface area contributed by atoms with Gasteiger partial charge in [0.2, 0.25) is 5.76 Å². The molecule has 1 aromatic heterocycles. The molecule has 142 valence electrons. The second kappa shape index (κ2) is 6.04. The van der Waals surface area contributed by atoms with E-state index in [0.29, 0.717) is 23.0 Å². The highest BCUT2D eigenvalue weighted by Crippen LogP contribution is 2.41. The molecule has 3 heterocycles. The van der Waals surface area contributed by atoms with Crippen LogP contribution in [0.1, 0.15) is 34.1 Å². The van der Waals surface area contributed by atoms with Gasteiger partial charge in [0, 0.05) is 6.04 Å². The first kappa shape index (κ1) is 17.2. The molecule has 5 rings (SSSR count). The minimum absolute atomic E-state index is 0.0156. The van der Waals surface area contributed by atoms with Crippen LogP contribution in [0.4, 0.5) is 0 Å². The van der Waals surface area contributed by atoms with Crippen molar-refractivity contribution in [1.29, 1.82) is 0 Å². The molecule has 2 unspecified atom stereocenters. The minimum atomic E-state index is -3.20. The smallest absolute Gasteiger partial charge is 0.291 e. The van der Waals surface area contributed by atoms with Gasteiger partial charge in [0.05, 0.1) is 28.5 Å². The van der Waals surface area contributed by atoms with Gasteiger partial charge < -0.3 is 9.32 Å². The zero-order chi connectivity index (χ0) is 19.5. The van der Waals surface area contributed by atoms with E-state index in [4.69, 9.17) is 4.42 Å². The van der Waals surface area contributed by atoms with Gasteiger partial charge in [-0.25, -0.2) is 8.42 Å². The van der Waals surface area contributed by atoms with Gasteiger partial charge in [-0.1, -0.05) is 42.5 Å². The topological polar surface area (TPSA) is 84.7 Å². The number of benzene rings is 2. The van der Waals surface area contributed by atoms with Crippen LogP contribution >= 0.6 is 0 Å². The average molecular weight is 395 g/mol. The SMILES string of the molecule is O=C1c2oc3ccccc3c(=O)c2C(c2ccccc2)N1C1CCS(=O)(=O)C1. The maximum absolute atomic E-state index is 13.3. The molecule has 3 aromatic rings. The molecule has 0 saturated carbocycles. The van der Waals surface area contributed by atoms with Crippen molar-refractivity contribution >= 4 is 26.7 Å². The summed E-state index contributed by atoms with van der Waals surface area (Å²) >= 11 is 0. The fraction of sp³-hybridized carbons (Fsp3) is 0.238. The number of fused-ring (bicyclic) bond motifs is 2. The highest BCUT2D eigenvalue weighted by atomic mass is 32.2. The van der Waals surface area contributed by atoms with Crippen LogP contribution in [-0.4, -0.2) is 36.8 Å². The number of rotatable bonds is 2. The predicted molar refractivity (Wildman–Crippen MR) is 104 cm³/mol. The third-order valence-electron chi connectivity index (χ3n) is 5.53. The highest BCUT2D eigenvalue weighted by molar-refractivity contribution is 7.91. The van der Waals surface area contributed by atoms with E-state index in [1.165, 1.54) is 4.90 Å². The average Bonchev–Trinajstić information content (AvgIpc) is 3.20. The lowest BCUT2D eigenvalue weighted by molar-refractivity contribution is 0.0662. The zero-order valence-corrected chi connectivity index (χ0v) is 15.7. The van der Waals surface area contributed by atoms with Crippen LogP contribution in [0, 0.1) is 0 Å². The zero-order valence-electron chi connectivity index (χ0n) is 14.9. The normalized spacial score (nSPS) is 23.3. The fourth-order valence-electron chi connectivity index (χ4n) is 4.27. The number of hydrogen-bond donors (Lipinski definition) is 0. The van der Waals surface area contributed by atoms with Gasteiger partial charge in [-0.3, -0.25) is 9.59 Å². The number of carbonyl (C=O) groups is 1. The molecule has 0 bridgehead atoms. The first-order valence-electron chi connectivity index (χ1n) is 9.10. The van der Waals surface area contributed by atoms with E-state index in [2.05, 4.69) is 0 Å². The van der Waals surface area contributed by atoms with Gasteiger partial charge >= 0.3 is 0 Å². The van der Waals surface area contributed by atoms with Crippen LogP contribution in [0.2, 0.25) is 0 Å². The van der Waals surface area contributed by atoms with Crippen LogP contribution in [-0.2, 0) is 9.84 Å². The van der Waals surface area contributed by atoms with Crippen LogP contribution in [0.15, 0.2) is 63.8 Å². The number of hydrogen-bond acceptors (Lipinski definition) is 5.